The van der Waals surface area contributed by atoms with Crippen molar-refractivity contribution in [2.24, 2.45) is 0 Å². The molecule has 3 atom stereocenters. The Hall–Kier alpha value is -2.64. The number of carboxylic acids is 1. The number of allylic oxidation sites excluding steroid dienone is 4. The lowest BCUT2D eigenvalue weighted by Gasteiger charge is -2.23. The zero-order valence-electron chi connectivity index (χ0n) is 16.0. The molecule has 1 aliphatic rings. The summed E-state index contributed by atoms with van der Waals surface area (Å²) in [6.07, 6.45) is 4.57. The van der Waals surface area contributed by atoms with E-state index < -0.39 is 30.0 Å². The van der Waals surface area contributed by atoms with Gasteiger partial charge in [0.1, 0.15) is 0 Å². The molecule has 0 bridgehead atoms. The van der Waals surface area contributed by atoms with E-state index >= 15 is 0 Å². The van der Waals surface area contributed by atoms with E-state index in [-0.39, 0.29) is 24.6 Å². The Bertz CT molecular complexity index is 802. The van der Waals surface area contributed by atoms with E-state index in [4.69, 9.17) is 16.7 Å². The molecule has 29 heavy (non-hydrogen) atoms. The van der Waals surface area contributed by atoms with Crippen molar-refractivity contribution in [3.05, 3.63) is 53.6 Å². The van der Waals surface area contributed by atoms with Crippen molar-refractivity contribution in [1.29, 1.82) is 0 Å². The van der Waals surface area contributed by atoms with Crippen molar-refractivity contribution < 1.29 is 29.3 Å². The lowest BCUT2D eigenvalue weighted by atomic mass is 9.94. The summed E-state index contributed by atoms with van der Waals surface area (Å²) < 4.78 is 4.56. The molecule has 0 saturated heterocycles. The third-order valence-corrected chi connectivity index (χ3v) is 4.85. The zero-order valence-corrected chi connectivity index (χ0v) is 16.8. The number of ether oxygens (including phenoxy) is 1. The monoisotopic (exact) mass is 421 g/mol. The molecule has 2 rings (SSSR count). The highest BCUT2D eigenvalue weighted by Gasteiger charge is 2.28. The predicted octanol–water partition coefficient (Wildman–Crippen LogP) is 2.06. The standard InChI is InChI=1S/C21H24ClNO6/c1-29-21(28)20(27)17(23-18(24)9-10-19(25)26)11-13-5-7-14(8-6-13)15-3-2-4-16(22)12-15/h2-8,16-17,20,27H,9-12H2,1H3,(H,23,24)(H,25,26)/t16?,17-,20+/m1/s1. The third kappa shape index (κ3) is 7.03. The van der Waals surface area contributed by atoms with E-state index in [9.17, 15) is 19.5 Å². The molecule has 0 fully saturated rings. The van der Waals surface area contributed by atoms with Gasteiger partial charge >= 0.3 is 11.9 Å². The molecule has 1 aromatic carbocycles. The van der Waals surface area contributed by atoms with Gasteiger partial charge in [-0.15, -0.1) is 11.6 Å². The number of hydrogen-bond donors (Lipinski definition) is 3. The van der Waals surface area contributed by atoms with Crippen molar-refractivity contribution in [1.82, 2.24) is 5.32 Å². The molecule has 0 aliphatic heterocycles. The molecule has 1 aliphatic carbocycles. The molecular formula is C21H24ClNO6. The summed E-state index contributed by atoms with van der Waals surface area (Å²) >= 11 is 6.16. The molecule has 0 spiro atoms. The lowest BCUT2D eigenvalue weighted by Crippen LogP contribution is -2.48. The number of nitrogens with one attached hydrogen (secondary N) is 1. The zero-order chi connectivity index (χ0) is 21.4. The van der Waals surface area contributed by atoms with E-state index in [0.29, 0.717) is 0 Å². The van der Waals surface area contributed by atoms with Crippen LogP contribution in [0.2, 0.25) is 0 Å². The van der Waals surface area contributed by atoms with Gasteiger partial charge < -0.3 is 20.3 Å². The minimum atomic E-state index is -1.57. The summed E-state index contributed by atoms with van der Waals surface area (Å²) in [5.41, 5.74) is 2.90. The number of alkyl halides is 1. The molecule has 1 amide bonds. The number of carbonyl (C=O) groups is 3. The highest BCUT2D eigenvalue weighted by molar-refractivity contribution is 6.22. The Morgan fingerprint density at radius 1 is 1.24 bits per heavy atom. The average Bonchev–Trinajstić information content (AvgIpc) is 2.71. The maximum atomic E-state index is 12.0. The summed E-state index contributed by atoms with van der Waals surface area (Å²) in [7, 11) is 1.14. The molecule has 3 N–H and O–H groups in total. The summed E-state index contributed by atoms with van der Waals surface area (Å²) in [5.74, 6) is -2.55. The highest BCUT2D eigenvalue weighted by atomic mass is 35.5. The Kier molecular flexibility index (Phi) is 8.42. The maximum absolute atomic E-state index is 12.0. The van der Waals surface area contributed by atoms with Gasteiger partial charge in [-0.25, -0.2) is 4.79 Å². The van der Waals surface area contributed by atoms with Crippen LogP contribution in [0.25, 0.3) is 5.57 Å². The first-order valence-corrected chi connectivity index (χ1v) is 9.61. The Morgan fingerprint density at radius 2 is 1.93 bits per heavy atom. The first-order chi connectivity index (χ1) is 13.8. The Balaban J connectivity index is 2.09. The minimum Gasteiger partial charge on any atom is -0.481 e. The quantitative estimate of drug-likeness (QED) is 0.415. The van der Waals surface area contributed by atoms with Gasteiger partial charge in [-0.05, 0) is 29.5 Å². The second-order valence-corrected chi connectivity index (χ2v) is 7.29. The van der Waals surface area contributed by atoms with Crippen molar-refractivity contribution in [3.63, 3.8) is 0 Å². The molecule has 156 valence electrons. The van der Waals surface area contributed by atoms with Gasteiger partial charge in [-0.3, -0.25) is 9.59 Å². The van der Waals surface area contributed by atoms with Crippen molar-refractivity contribution >= 4 is 35.0 Å². The fraction of sp³-hybridized carbons (Fsp3) is 0.381. The fourth-order valence-corrected chi connectivity index (χ4v) is 3.24. The van der Waals surface area contributed by atoms with Crippen molar-refractivity contribution in [2.75, 3.05) is 7.11 Å². The van der Waals surface area contributed by atoms with Gasteiger partial charge in [-0.2, -0.15) is 0 Å². The number of amides is 1. The van der Waals surface area contributed by atoms with Gasteiger partial charge in [0.2, 0.25) is 5.91 Å². The number of carbonyl (C=O) groups excluding carboxylic acids is 2. The van der Waals surface area contributed by atoms with Gasteiger partial charge in [0.25, 0.3) is 0 Å². The van der Waals surface area contributed by atoms with Crippen LogP contribution in [-0.4, -0.2) is 52.7 Å². The van der Waals surface area contributed by atoms with Crippen LogP contribution in [0.1, 0.15) is 30.4 Å². The second kappa shape index (κ2) is 10.8. The normalized spacial score (nSPS) is 17.8. The predicted molar refractivity (Wildman–Crippen MR) is 108 cm³/mol. The number of methoxy groups -OCH3 is 1. The van der Waals surface area contributed by atoms with Crippen LogP contribution in [0.15, 0.2) is 42.5 Å². The second-order valence-electron chi connectivity index (χ2n) is 6.73. The topological polar surface area (TPSA) is 113 Å². The Labute approximate surface area is 174 Å². The highest BCUT2D eigenvalue weighted by Crippen LogP contribution is 2.26. The van der Waals surface area contributed by atoms with E-state index in [1.165, 1.54) is 0 Å². The van der Waals surface area contributed by atoms with E-state index in [1.807, 2.05) is 42.5 Å². The van der Waals surface area contributed by atoms with Crippen LogP contribution in [0, 0.1) is 0 Å². The Morgan fingerprint density at radius 3 is 2.52 bits per heavy atom. The summed E-state index contributed by atoms with van der Waals surface area (Å²) in [6.45, 7) is 0. The van der Waals surface area contributed by atoms with Crippen molar-refractivity contribution in [2.45, 2.75) is 43.2 Å². The van der Waals surface area contributed by atoms with E-state index in [1.54, 1.807) is 0 Å². The number of esters is 1. The van der Waals surface area contributed by atoms with Crippen LogP contribution in [0.4, 0.5) is 0 Å². The van der Waals surface area contributed by atoms with Gasteiger partial charge in [0.05, 0.1) is 24.9 Å². The number of aliphatic hydroxyl groups excluding tert-OH is 1. The van der Waals surface area contributed by atoms with Gasteiger partial charge in [0.15, 0.2) is 6.10 Å². The van der Waals surface area contributed by atoms with E-state index in [2.05, 4.69) is 10.1 Å². The smallest absolute Gasteiger partial charge is 0.336 e. The third-order valence-electron chi connectivity index (χ3n) is 4.55. The van der Waals surface area contributed by atoms with Gasteiger partial charge in [0, 0.05) is 6.42 Å². The minimum absolute atomic E-state index is 0.0460. The van der Waals surface area contributed by atoms with Crippen LogP contribution >= 0.6 is 11.6 Å². The molecule has 7 nitrogen and oxygen atoms in total. The molecule has 8 heteroatoms. The average molecular weight is 422 g/mol. The largest absolute Gasteiger partial charge is 0.481 e. The molecular weight excluding hydrogens is 398 g/mol. The van der Waals surface area contributed by atoms with Crippen LogP contribution in [0.3, 0.4) is 0 Å². The number of rotatable bonds is 9. The molecule has 0 saturated carbocycles. The number of benzene rings is 1. The number of aliphatic hydroxyl groups is 1. The molecule has 0 heterocycles. The maximum Gasteiger partial charge on any atom is 0.336 e. The summed E-state index contributed by atoms with van der Waals surface area (Å²) in [4.78, 5) is 34.4. The first-order valence-electron chi connectivity index (χ1n) is 9.18. The summed E-state index contributed by atoms with van der Waals surface area (Å²) in [5, 5.41) is 21.4. The van der Waals surface area contributed by atoms with Crippen LogP contribution in [0.5, 0.6) is 0 Å². The lowest BCUT2D eigenvalue weighted by molar-refractivity contribution is -0.152. The molecule has 0 aromatic heterocycles. The number of hydrogen-bond acceptors (Lipinski definition) is 5. The summed E-state index contributed by atoms with van der Waals surface area (Å²) in [6, 6.07) is 6.57. The SMILES string of the molecule is COC(=O)[C@@H](O)[C@@H](Cc1ccc(C2=CC=CC(Cl)C2)cc1)NC(=O)CCC(=O)O. The number of halogens is 1. The molecule has 1 aromatic rings. The van der Waals surface area contributed by atoms with Gasteiger partial charge in [-0.1, -0.05) is 42.5 Å². The van der Waals surface area contributed by atoms with Crippen molar-refractivity contribution in [3.8, 4) is 0 Å². The van der Waals surface area contributed by atoms with Crippen LogP contribution in [-0.2, 0) is 25.5 Å². The molecule has 1 unspecified atom stereocenters. The number of aliphatic carboxylic acids is 1. The number of carboxylic acid groups (broad SMARTS) is 1. The van der Waals surface area contributed by atoms with Crippen LogP contribution < -0.4 is 5.32 Å². The fourth-order valence-electron chi connectivity index (χ4n) is 2.99. The van der Waals surface area contributed by atoms with E-state index in [0.717, 1.165) is 30.2 Å². The first kappa shape index (κ1) is 22.6. The molecule has 0 radical (unpaired) electrons.